The molecule has 1 N–H and O–H groups in total. The number of nitriles is 1. The maximum atomic E-state index is 12.5. The molecule has 0 unspecified atom stereocenters. The molecular weight excluding hydrogens is 366 g/mol. The zero-order chi connectivity index (χ0) is 21.6. The minimum absolute atomic E-state index is 0.0186. The first-order valence-electron chi connectivity index (χ1n) is 9.67. The number of aromatic nitrogens is 1. The van der Waals surface area contributed by atoms with Crippen LogP contribution in [0.25, 0.3) is 6.08 Å². The summed E-state index contributed by atoms with van der Waals surface area (Å²) in [5.74, 6) is -0.914. The van der Waals surface area contributed by atoms with Gasteiger partial charge in [0.05, 0.1) is 11.7 Å². The molecule has 1 amide bonds. The van der Waals surface area contributed by atoms with Crippen molar-refractivity contribution in [2.24, 2.45) is 0 Å². The molecule has 29 heavy (non-hydrogen) atoms. The lowest BCUT2D eigenvalue weighted by molar-refractivity contribution is -0.112. The van der Waals surface area contributed by atoms with Gasteiger partial charge in [0.2, 0.25) is 0 Å². The van der Waals surface area contributed by atoms with Gasteiger partial charge in [0.25, 0.3) is 5.91 Å². The van der Waals surface area contributed by atoms with Crippen molar-refractivity contribution < 1.29 is 14.3 Å². The summed E-state index contributed by atoms with van der Waals surface area (Å²) in [5.41, 5.74) is 3.89. The highest BCUT2D eigenvalue weighted by Crippen LogP contribution is 2.20. The van der Waals surface area contributed by atoms with Gasteiger partial charge in [-0.1, -0.05) is 6.92 Å². The van der Waals surface area contributed by atoms with Gasteiger partial charge in [-0.3, -0.25) is 4.79 Å². The molecule has 0 radical (unpaired) electrons. The Kier molecular flexibility index (Phi) is 7.38. The monoisotopic (exact) mass is 393 g/mol. The Balaban J connectivity index is 2.16. The first-order chi connectivity index (χ1) is 13.8. The fraction of sp³-hybridized carbons (Fsp3) is 0.348. The highest BCUT2D eigenvalue weighted by Gasteiger charge is 2.14. The number of nitrogens with zero attached hydrogens (tertiary/aromatic N) is 2. The topological polar surface area (TPSA) is 84.1 Å². The highest BCUT2D eigenvalue weighted by atomic mass is 16.5. The van der Waals surface area contributed by atoms with Crippen LogP contribution in [0, 0.1) is 25.2 Å². The van der Waals surface area contributed by atoms with E-state index < -0.39 is 11.9 Å². The number of rotatable bonds is 7. The number of hydrogen-bond acceptors (Lipinski definition) is 4. The first kappa shape index (κ1) is 22.0. The molecule has 0 spiro atoms. The Labute approximate surface area is 171 Å². The summed E-state index contributed by atoms with van der Waals surface area (Å²) in [7, 11) is 0. The summed E-state index contributed by atoms with van der Waals surface area (Å²) < 4.78 is 7.31. The molecule has 2 aromatic rings. The van der Waals surface area contributed by atoms with Crippen LogP contribution in [0.2, 0.25) is 0 Å². The van der Waals surface area contributed by atoms with Gasteiger partial charge >= 0.3 is 5.97 Å². The highest BCUT2D eigenvalue weighted by molar-refractivity contribution is 6.09. The van der Waals surface area contributed by atoms with Gasteiger partial charge in [-0.2, -0.15) is 5.26 Å². The Hall–Kier alpha value is -3.33. The van der Waals surface area contributed by atoms with Gasteiger partial charge in [0, 0.05) is 23.6 Å². The molecule has 6 heteroatoms. The number of carbonyl (C=O) groups is 2. The predicted octanol–water partition coefficient (Wildman–Crippen LogP) is 4.63. The van der Waals surface area contributed by atoms with E-state index in [-0.39, 0.29) is 11.7 Å². The number of carbonyl (C=O) groups excluding carboxylic acids is 2. The number of aryl methyl sites for hydroxylation is 1. The zero-order valence-corrected chi connectivity index (χ0v) is 17.6. The van der Waals surface area contributed by atoms with Crippen molar-refractivity contribution >= 4 is 23.6 Å². The normalized spacial score (nSPS) is 11.3. The lowest BCUT2D eigenvalue weighted by Crippen LogP contribution is -2.14. The minimum atomic E-state index is -0.495. The van der Waals surface area contributed by atoms with Crippen molar-refractivity contribution in [2.75, 3.05) is 5.32 Å². The van der Waals surface area contributed by atoms with Gasteiger partial charge in [0.1, 0.15) is 11.6 Å². The van der Waals surface area contributed by atoms with Crippen molar-refractivity contribution in [3.05, 3.63) is 58.4 Å². The fourth-order valence-electron chi connectivity index (χ4n) is 3.02. The number of anilines is 1. The molecule has 1 aromatic carbocycles. The van der Waals surface area contributed by atoms with Crippen molar-refractivity contribution in [1.82, 2.24) is 4.57 Å². The molecule has 0 atom stereocenters. The molecule has 0 aliphatic carbocycles. The van der Waals surface area contributed by atoms with E-state index in [1.807, 2.05) is 26.0 Å². The third-order valence-corrected chi connectivity index (χ3v) is 4.45. The van der Waals surface area contributed by atoms with Crippen molar-refractivity contribution in [3.63, 3.8) is 0 Å². The van der Waals surface area contributed by atoms with Gasteiger partial charge in [-0.15, -0.1) is 0 Å². The summed E-state index contributed by atoms with van der Waals surface area (Å²) in [6.45, 7) is 10.6. The van der Waals surface area contributed by atoms with Crippen LogP contribution in [0.4, 0.5) is 5.69 Å². The SMILES string of the molecule is CCCn1c(C)cc(/C=C(\C#N)C(=O)Nc2ccc(C(=O)OC(C)C)cc2)c1C. The summed E-state index contributed by atoms with van der Waals surface area (Å²) in [5, 5.41) is 12.2. The lowest BCUT2D eigenvalue weighted by Gasteiger charge is -2.09. The van der Waals surface area contributed by atoms with E-state index in [0.29, 0.717) is 11.3 Å². The van der Waals surface area contributed by atoms with E-state index in [4.69, 9.17) is 4.74 Å². The van der Waals surface area contributed by atoms with Crippen molar-refractivity contribution in [3.8, 4) is 6.07 Å². The minimum Gasteiger partial charge on any atom is -0.459 e. The van der Waals surface area contributed by atoms with E-state index in [0.717, 1.165) is 29.9 Å². The maximum absolute atomic E-state index is 12.5. The van der Waals surface area contributed by atoms with E-state index in [1.54, 1.807) is 44.2 Å². The summed E-state index contributed by atoms with van der Waals surface area (Å²) in [4.78, 5) is 24.4. The number of esters is 1. The third kappa shape index (κ3) is 5.58. The number of benzene rings is 1. The Bertz CT molecular complexity index is 960. The molecule has 152 valence electrons. The average Bonchev–Trinajstić information content (AvgIpc) is 2.93. The summed E-state index contributed by atoms with van der Waals surface area (Å²) >= 11 is 0. The van der Waals surface area contributed by atoms with Gasteiger partial charge in [0.15, 0.2) is 0 Å². The smallest absolute Gasteiger partial charge is 0.338 e. The molecule has 0 saturated heterocycles. The molecule has 1 aromatic heterocycles. The van der Waals surface area contributed by atoms with Crippen molar-refractivity contribution in [2.45, 2.75) is 53.7 Å². The molecule has 6 nitrogen and oxygen atoms in total. The Morgan fingerprint density at radius 2 is 1.90 bits per heavy atom. The van der Waals surface area contributed by atoms with E-state index in [2.05, 4.69) is 16.8 Å². The number of amides is 1. The van der Waals surface area contributed by atoms with Crippen LogP contribution in [0.15, 0.2) is 35.9 Å². The standard InChI is InChI=1S/C23H27N3O3/c1-6-11-26-16(4)12-19(17(26)5)13-20(14-24)22(27)25-21-9-7-18(8-10-21)23(28)29-15(2)3/h7-10,12-13,15H,6,11H2,1-5H3,(H,25,27)/b20-13+. The molecule has 2 rings (SSSR count). The molecule has 0 aliphatic heterocycles. The largest absolute Gasteiger partial charge is 0.459 e. The second-order valence-corrected chi connectivity index (χ2v) is 7.13. The molecule has 0 fully saturated rings. The van der Waals surface area contributed by atoms with Crippen LogP contribution in [0.5, 0.6) is 0 Å². The number of ether oxygens (including phenoxy) is 1. The van der Waals surface area contributed by atoms with Gasteiger partial charge < -0.3 is 14.6 Å². The van der Waals surface area contributed by atoms with E-state index >= 15 is 0 Å². The molecule has 0 saturated carbocycles. The Morgan fingerprint density at radius 3 is 2.45 bits per heavy atom. The fourth-order valence-corrected chi connectivity index (χ4v) is 3.02. The van der Waals surface area contributed by atoms with E-state index in [9.17, 15) is 14.9 Å². The molecule has 1 heterocycles. The van der Waals surface area contributed by atoms with Gasteiger partial charge in [-0.25, -0.2) is 4.79 Å². The number of nitrogens with one attached hydrogen (secondary N) is 1. The van der Waals surface area contributed by atoms with Crippen LogP contribution in [-0.2, 0) is 16.1 Å². The molecular formula is C23H27N3O3. The average molecular weight is 393 g/mol. The maximum Gasteiger partial charge on any atom is 0.338 e. The van der Waals surface area contributed by atoms with Gasteiger partial charge in [-0.05, 0) is 76.1 Å². The molecule has 0 aliphatic rings. The van der Waals surface area contributed by atoms with E-state index in [1.165, 1.54) is 0 Å². The third-order valence-electron chi connectivity index (χ3n) is 4.45. The summed E-state index contributed by atoms with van der Waals surface area (Å²) in [6.07, 6.45) is 2.41. The van der Waals surface area contributed by atoms with Crippen LogP contribution >= 0.6 is 0 Å². The zero-order valence-electron chi connectivity index (χ0n) is 17.6. The predicted molar refractivity (Wildman–Crippen MR) is 113 cm³/mol. The van der Waals surface area contributed by atoms with Crippen LogP contribution in [0.1, 0.15) is 54.5 Å². The second-order valence-electron chi connectivity index (χ2n) is 7.13. The van der Waals surface area contributed by atoms with Crippen LogP contribution in [0.3, 0.4) is 0 Å². The summed E-state index contributed by atoms with van der Waals surface area (Å²) in [6, 6.07) is 10.3. The van der Waals surface area contributed by atoms with Crippen LogP contribution in [-0.4, -0.2) is 22.5 Å². The second kappa shape index (κ2) is 9.74. The number of hydrogen-bond donors (Lipinski definition) is 1. The molecule has 0 bridgehead atoms. The quantitative estimate of drug-likeness (QED) is 0.422. The lowest BCUT2D eigenvalue weighted by atomic mass is 10.1. The Morgan fingerprint density at radius 1 is 1.24 bits per heavy atom. The van der Waals surface area contributed by atoms with Crippen molar-refractivity contribution in [1.29, 1.82) is 5.26 Å². The van der Waals surface area contributed by atoms with Crippen LogP contribution < -0.4 is 5.32 Å². The first-order valence-corrected chi connectivity index (χ1v) is 9.67.